The van der Waals surface area contributed by atoms with Gasteiger partial charge in [0.15, 0.2) is 0 Å². The van der Waals surface area contributed by atoms with Gasteiger partial charge in [0, 0.05) is 16.7 Å². The van der Waals surface area contributed by atoms with E-state index < -0.39 is 0 Å². The number of hydrogen-bond donors (Lipinski definition) is 1. The van der Waals surface area contributed by atoms with Gasteiger partial charge in [-0.2, -0.15) is 5.26 Å². The summed E-state index contributed by atoms with van der Waals surface area (Å²) in [5.41, 5.74) is 1.73. The lowest BCUT2D eigenvalue weighted by molar-refractivity contribution is 0.537. The third-order valence-corrected chi connectivity index (χ3v) is 3.88. The van der Waals surface area contributed by atoms with Crippen LogP contribution in [0.25, 0.3) is 0 Å². The Bertz CT molecular complexity index is 436. The van der Waals surface area contributed by atoms with Crippen molar-refractivity contribution >= 4 is 21.6 Å². The average molecular weight is 293 g/mol. The monoisotopic (exact) mass is 292 g/mol. The Kier molecular flexibility index (Phi) is 4.06. The largest absolute Gasteiger partial charge is 0.385 e. The molecule has 0 aromatic heterocycles. The Labute approximate surface area is 111 Å². The van der Waals surface area contributed by atoms with E-state index in [4.69, 9.17) is 5.26 Å². The molecule has 0 heterocycles. The van der Waals surface area contributed by atoms with Crippen molar-refractivity contribution in [3.05, 3.63) is 28.2 Å². The first-order valence-electron chi connectivity index (χ1n) is 6.12. The predicted molar refractivity (Wildman–Crippen MR) is 73.9 cm³/mol. The maximum atomic E-state index is 8.90. The summed E-state index contributed by atoms with van der Waals surface area (Å²) < 4.78 is 0.957. The third kappa shape index (κ3) is 3.47. The molecule has 1 aliphatic carbocycles. The first-order chi connectivity index (χ1) is 8.17. The molecule has 1 aromatic rings. The summed E-state index contributed by atoms with van der Waals surface area (Å²) >= 11 is 3.43. The minimum atomic E-state index is 0.696. The van der Waals surface area contributed by atoms with E-state index >= 15 is 0 Å². The number of anilines is 1. The minimum Gasteiger partial charge on any atom is -0.385 e. The zero-order chi connectivity index (χ0) is 12.3. The van der Waals surface area contributed by atoms with Crippen molar-refractivity contribution in [2.75, 3.05) is 11.9 Å². The van der Waals surface area contributed by atoms with Gasteiger partial charge < -0.3 is 5.32 Å². The molecule has 1 saturated carbocycles. The number of nitrogens with one attached hydrogen (secondary N) is 1. The molecular weight excluding hydrogens is 276 g/mol. The van der Waals surface area contributed by atoms with E-state index in [1.54, 1.807) is 0 Å². The molecule has 0 saturated heterocycles. The summed E-state index contributed by atoms with van der Waals surface area (Å²) in [6, 6.07) is 7.94. The lowest BCUT2D eigenvalue weighted by Gasteiger charge is -2.12. The van der Waals surface area contributed by atoms with Crippen molar-refractivity contribution in [1.82, 2.24) is 0 Å². The second-order valence-electron chi connectivity index (χ2n) is 5.01. The highest BCUT2D eigenvalue weighted by molar-refractivity contribution is 9.10. The third-order valence-electron chi connectivity index (χ3n) is 3.43. The molecule has 2 atom stereocenters. The van der Waals surface area contributed by atoms with Crippen LogP contribution in [-0.4, -0.2) is 6.54 Å². The molecule has 1 fully saturated rings. The van der Waals surface area contributed by atoms with E-state index in [1.165, 1.54) is 19.3 Å². The summed E-state index contributed by atoms with van der Waals surface area (Å²) in [7, 11) is 0. The van der Waals surface area contributed by atoms with E-state index in [-0.39, 0.29) is 0 Å². The van der Waals surface area contributed by atoms with Gasteiger partial charge in [0.2, 0.25) is 0 Å². The second kappa shape index (κ2) is 5.55. The average Bonchev–Trinajstić information content (AvgIpc) is 2.72. The first-order valence-corrected chi connectivity index (χ1v) is 6.91. The molecular formula is C14H17BrN2. The molecule has 17 heavy (non-hydrogen) atoms. The molecule has 0 aliphatic heterocycles. The van der Waals surface area contributed by atoms with Crippen molar-refractivity contribution < 1.29 is 0 Å². The highest BCUT2D eigenvalue weighted by Crippen LogP contribution is 2.30. The van der Waals surface area contributed by atoms with E-state index in [1.807, 2.05) is 18.2 Å². The van der Waals surface area contributed by atoms with Crippen LogP contribution in [0.1, 0.15) is 31.7 Å². The lowest BCUT2D eigenvalue weighted by atomic mass is 10.1. The number of nitriles is 1. The highest BCUT2D eigenvalue weighted by Gasteiger charge is 2.20. The van der Waals surface area contributed by atoms with Crippen molar-refractivity contribution in [2.24, 2.45) is 11.8 Å². The molecule has 0 spiro atoms. The Balaban J connectivity index is 1.95. The van der Waals surface area contributed by atoms with E-state index in [0.29, 0.717) is 5.56 Å². The molecule has 2 rings (SSSR count). The summed E-state index contributed by atoms with van der Waals surface area (Å²) in [5.74, 6) is 1.66. The van der Waals surface area contributed by atoms with Crippen molar-refractivity contribution in [3.8, 4) is 6.07 Å². The van der Waals surface area contributed by atoms with Crippen LogP contribution in [0.15, 0.2) is 22.7 Å². The number of nitrogens with zero attached hydrogens (tertiary/aromatic N) is 1. The second-order valence-corrected chi connectivity index (χ2v) is 5.92. The molecule has 0 amide bonds. The number of halogens is 1. The van der Waals surface area contributed by atoms with Crippen LogP contribution < -0.4 is 5.32 Å². The van der Waals surface area contributed by atoms with Crippen molar-refractivity contribution in [1.29, 1.82) is 5.26 Å². The van der Waals surface area contributed by atoms with Gasteiger partial charge in [-0.25, -0.2) is 0 Å². The van der Waals surface area contributed by atoms with Crippen LogP contribution in [0.5, 0.6) is 0 Å². The van der Waals surface area contributed by atoms with Gasteiger partial charge in [-0.3, -0.25) is 0 Å². The topological polar surface area (TPSA) is 35.8 Å². The van der Waals surface area contributed by atoms with Gasteiger partial charge >= 0.3 is 0 Å². The number of rotatable bonds is 3. The Morgan fingerprint density at radius 3 is 2.88 bits per heavy atom. The SMILES string of the molecule is CC1CCC(CNc2cc(Br)cc(C#N)c2)C1. The molecule has 2 unspecified atom stereocenters. The van der Waals surface area contributed by atoms with Crippen LogP contribution in [0, 0.1) is 23.2 Å². The fraction of sp³-hybridized carbons (Fsp3) is 0.500. The van der Waals surface area contributed by atoms with Gasteiger partial charge in [0.05, 0.1) is 11.6 Å². The van der Waals surface area contributed by atoms with Crippen LogP contribution in [0.2, 0.25) is 0 Å². The van der Waals surface area contributed by atoms with Crippen LogP contribution in [-0.2, 0) is 0 Å². The van der Waals surface area contributed by atoms with Gasteiger partial charge in [0.25, 0.3) is 0 Å². The minimum absolute atomic E-state index is 0.696. The highest BCUT2D eigenvalue weighted by atomic mass is 79.9. The molecule has 1 N–H and O–H groups in total. The van der Waals surface area contributed by atoms with Crippen LogP contribution >= 0.6 is 15.9 Å². The molecule has 0 bridgehead atoms. The summed E-state index contributed by atoms with van der Waals surface area (Å²) in [5, 5.41) is 12.3. The lowest BCUT2D eigenvalue weighted by Crippen LogP contribution is -2.11. The molecule has 0 radical (unpaired) electrons. The van der Waals surface area contributed by atoms with Gasteiger partial charge in [-0.1, -0.05) is 29.3 Å². The van der Waals surface area contributed by atoms with Crippen LogP contribution in [0.4, 0.5) is 5.69 Å². The van der Waals surface area contributed by atoms with Gasteiger partial charge in [0.1, 0.15) is 0 Å². The normalized spacial score (nSPS) is 23.4. The molecule has 1 aliphatic rings. The van der Waals surface area contributed by atoms with E-state index in [9.17, 15) is 0 Å². The Morgan fingerprint density at radius 1 is 1.41 bits per heavy atom. The fourth-order valence-electron chi connectivity index (χ4n) is 2.53. The predicted octanol–water partition coefficient (Wildman–Crippen LogP) is 4.17. The molecule has 1 aromatic carbocycles. The smallest absolute Gasteiger partial charge is 0.0992 e. The zero-order valence-electron chi connectivity index (χ0n) is 10.0. The Hall–Kier alpha value is -1.01. The standard InChI is InChI=1S/C14H17BrN2/c1-10-2-3-11(4-10)9-17-14-6-12(8-16)5-13(15)7-14/h5-7,10-11,17H,2-4,9H2,1H3. The van der Waals surface area contributed by atoms with Crippen molar-refractivity contribution in [2.45, 2.75) is 26.2 Å². The number of hydrogen-bond acceptors (Lipinski definition) is 2. The number of benzene rings is 1. The van der Waals surface area contributed by atoms with Crippen LogP contribution in [0.3, 0.4) is 0 Å². The Morgan fingerprint density at radius 2 is 2.24 bits per heavy atom. The summed E-state index contributed by atoms with van der Waals surface area (Å²) in [4.78, 5) is 0. The molecule has 3 heteroatoms. The van der Waals surface area contributed by atoms with Gasteiger partial charge in [-0.05, 0) is 42.9 Å². The summed E-state index contributed by atoms with van der Waals surface area (Å²) in [6.45, 7) is 3.35. The van der Waals surface area contributed by atoms with E-state index in [2.05, 4.69) is 34.2 Å². The van der Waals surface area contributed by atoms with E-state index in [0.717, 1.165) is 28.5 Å². The van der Waals surface area contributed by atoms with Gasteiger partial charge in [-0.15, -0.1) is 0 Å². The molecule has 2 nitrogen and oxygen atoms in total. The van der Waals surface area contributed by atoms with Crippen molar-refractivity contribution in [3.63, 3.8) is 0 Å². The molecule has 90 valence electrons. The maximum Gasteiger partial charge on any atom is 0.0992 e. The summed E-state index contributed by atoms with van der Waals surface area (Å²) in [6.07, 6.45) is 4.01. The quantitative estimate of drug-likeness (QED) is 0.908. The zero-order valence-corrected chi connectivity index (χ0v) is 11.6. The maximum absolute atomic E-state index is 8.90. The fourth-order valence-corrected chi connectivity index (χ4v) is 3.02. The first kappa shape index (κ1) is 12.4.